The summed E-state index contributed by atoms with van der Waals surface area (Å²) in [5.74, 6) is -0.539. The van der Waals surface area contributed by atoms with Crippen molar-refractivity contribution in [2.24, 2.45) is 5.73 Å². The van der Waals surface area contributed by atoms with Crippen LogP contribution in [-0.4, -0.2) is 20.9 Å². The van der Waals surface area contributed by atoms with Crippen LogP contribution in [0.5, 0.6) is 0 Å². The monoisotopic (exact) mass is 414 g/mol. The van der Waals surface area contributed by atoms with Crippen molar-refractivity contribution in [3.8, 4) is 11.1 Å². The molecule has 3 N–H and O–H groups in total. The molecule has 0 aliphatic rings. The molecule has 0 fully saturated rings. The van der Waals surface area contributed by atoms with Crippen molar-refractivity contribution < 1.29 is 4.79 Å². The summed E-state index contributed by atoms with van der Waals surface area (Å²) in [6.07, 6.45) is 3.45. The van der Waals surface area contributed by atoms with E-state index in [-0.39, 0.29) is 5.69 Å². The highest BCUT2D eigenvalue weighted by atomic mass is 127. The van der Waals surface area contributed by atoms with E-state index in [0.717, 1.165) is 33.1 Å². The van der Waals surface area contributed by atoms with Crippen LogP contribution in [-0.2, 0) is 0 Å². The number of nitrogens with one attached hydrogen (secondary N) is 1. The van der Waals surface area contributed by atoms with E-state index in [1.807, 2.05) is 6.20 Å². The van der Waals surface area contributed by atoms with Crippen LogP contribution in [0.15, 0.2) is 48.8 Å². The maximum Gasteiger partial charge on any atom is 0.267 e. The first-order valence-electron chi connectivity index (χ1n) is 6.95. The Morgan fingerprint density at radius 3 is 2.52 bits per heavy atom. The largest absolute Gasteiger partial charge is 0.364 e. The minimum absolute atomic E-state index is 0.248. The van der Waals surface area contributed by atoms with Gasteiger partial charge in [0.2, 0.25) is 0 Å². The summed E-state index contributed by atoms with van der Waals surface area (Å²) in [4.78, 5) is 23.1. The summed E-state index contributed by atoms with van der Waals surface area (Å²) >= 11 is 2.28. The van der Waals surface area contributed by atoms with Gasteiger partial charge in [-0.1, -0.05) is 12.1 Å². The van der Waals surface area contributed by atoms with Crippen molar-refractivity contribution in [2.45, 2.75) is 0 Å². The number of aromatic amines is 1. The van der Waals surface area contributed by atoms with Crippen LogP contribution >= 0.6 is 22.6 Å². The molecule has 23 heavy (non-hydrogen) atoms. The van der Waals surface area contributed by atoms with Crippen LogP contribution < -0.4 is 5.73 Å². The fraction of sp³-hybridized carbons (Fsp3) is 0. The lowest BCUT2D eigenvalue weighted by atomic mass is 10.1. The molecular weight excluding hydrogens is 403 g/mol. The Bertz CT molecular complexity index is 1050. The Labute approximate surface area is 145 Å². The minimum atomic E-state index is -0.539. The van der Waals surface area contributed by atoms with E-state index >= 15 is 0 Å². The number of rotatable bonds is 2. The average Bonchev–Trinajstić information content (AvgIpc) is 2.92. The lowest BCUT2D eigenvalue weighted by molar-refractivity contribution is 0.0996. The number of benzene rings is 1. The van der Waals surface area contributed by atoms with Gasteiger partial charge >= 0.3 is 0 Å². The molecule has 0 atom stereocenters. The van der Waals surface area contributed by atoms with E-state index < -0.39 is 5.91 Å². The van der Waals surface area contributed by atoms with Gasteiger partial charge in [-0.2, -0.15) is 0 Å². The molecule has 3 heterocycles. The van der Waals surface area contributed by atoms with Crippen molar-refractivity contribution in [2.75, 3.05) is 0 Å². The number of amides is 1. The number of primary amides is 1. The summed E-state index contributed by atoms with van der Waals surface area (Å²) in [7, 11) is 0. The van der Waals surface area contributed by atoms with E-state index in [1.165, 1.54) is 3.57 Å². The summed E-state index contributed by atoms with van der Waals surface area (Å²) in [5.41, 5.74) is 9.28. The average molecular weight is 414 g/mol. The molecule has 0 aliphatic carbocycles. The maximum atomic E-state index is 11.4. The molecule has 4 aromatic rings. The highest BCUT2D eigenvalue weighted by Crippen LogP contribution is 2.28. The maximum absolute atomic E-state index is 11.4. The van der Waals surface area contributed by atoms with Crippen molar-refractivity contribution >= 4 is 50.4 Å². The Hall–Kier alpha value is -2.48. The van der Waals surface area contributed by atoms with Crippen LogP contribution in [0.2, 0.25) is 0 Å². The van der Waals surface area contributed by atoms with Gasteiger partial charge in [0.25, 0.3) is 5.91 Å². The second kappa shape index (κ2) is 5.31. The summed E-state index contributed by atoms with van der Waals surface area (Å²) < 4.78 is 1.18. The van der Waals surface area contributed by atoms with E-state index in [1.54, 1.807) is 12.3 Å². The van der Waals surface area contributed by atoms with Crippen molar-refractivity contribution in [1.29, 1.82) is 0 Å². The smallest absolute Gasteiger partial charge is 0.267 e. The van der Waals surface area contributed by atoms with Crippen LogP contribution in [0, 0.1) is 3.57 Å². The molecule has 1 aromatic carbocycles. The third kappa shape index (κ3) is 2.44. The van der Waals surface area contributed by atoms with E-state index in [4.69, 9.17) is 5.73 Å². The number of H-pyrrole nitrogens is 1. The highest BCUT2D eigenvalue weighted by Gasteiger charge is 2.11. The number of aromatic nitrogens is 3. The molecule has 4 rings (SSSR count). The zero-order valence-corrected chi connectivity index (χ0v) is 14.0. The predicted octanol–water partition coefficient (Wildman–Crippen LogP) is 3.48. The Kier molecular flexibility index (Phi) is 3.26. The first kappa shape index (κ1) is 14.1. The quantitative estimate of drug-likeness (QED) is 0.493. The molecule has 5 nitrogen and oxygen atoms in total. The molecule has 1 amide bonds. The van der Waals surface area contributed by atoms with Gasteiger partial charge in [0.15, 0.2) is 0 Å². The first-order valence-corrected chi connectivity index (χ1v) is 8.03. The molecule has 3 aromatic heterocycles. The third-order valence-electron chi connectivity index (χ3n) is 3.76. The van der Waals surface area contributed by atoms with Crippen molar-refractivity contribution in [1.82, 2.24) is 15.0 Å². The van der Waals surface area contributed by atoms with Gasteiger partial charge in [0.1, 0.15) is 11.3 Å². The van der Waals surface area contributed by atoms with E-state index in [2.05, 4.69) is 67.9 Å². The molecule has 0 saturated heterocycles. The minimum Gasteiger partial charge on any atom is -0.364 e. The van der Waals surface area contributed by atoms with Gasteiger partial charge in [-0.15, -0.1) is 0 Å². The Morgan fingerprint density at radius 1 is 1.00 bits per heavy atom. The highest BCUT2D eigenvalue weighted by molar-refractivity contribution is 14.1. The number of fused-ring (bicyclic) bond motifs is 3. The summed E-state index contributed by atoms with van der Waals surface area (Å²) in [6, 6.07) is 12.0. The number of carbonyl (C=O) groups excluding carboxylic acids is 1. The number of nitrogens with two attached hydrogens (primary N) is 1. The van der Waals surface area contributed by atoms with Crippen LogP contribution in [0.1, 0.15) is 10.5 Å². The van der Waals surface area contributed by atoms with Gasteiger partial charge in [-0.25, -0.2) is 9.97 Å². The Balaban J connectivity index is 1.95. The molecule has 0 spiro atoms. The molecule has 0 unspecified atom stereocenters. The lowest BCUT2D eigenvalue weighted by Crippen LogP contribution is -2.12. The summed E-state index contributed by atoms with van der Waals surface area (Å²) in [5, 5.41) is 1.84. The number of carbonyl (C=O) groups is 1. The number of nitrogens with zero attached hydrogens (tertiary/aromatic N) is 2. The Morgan fingerprint density at radius 2 is 1.78 bits per heavy atom. The molecule has 0 saturated carbocycles. The van der Waals surface area contributed by atoms with Gasteiger partial charge in [-0.3, -0.25) is 4.79 Å². The second-order valence-corrected chi connectivity index (χ2v) is 6.48. The first-order chi connectivity index (χ1) is 11.1. The van der Waals surface area contributed by atoms with Gasteiger partial charge in [-0.05, 0) is 52.4 Å². The number of hydrogen-bond acceptors (Lipinski definition) is 3. The molecular formula is C17H11IN4O. The number of halogens is 1. The lowest BCUT2D eigenvalue weighted by Gasteiger charge is -2.02. The zero-order valence-electron chi connectivity index (χ0n) is 11.9. The van der Waals surface area contributed by atoms with Crippen molar-refractivity contribution in [3.63, 3.8) is 0 Å². The molecule has 112 valence electrons. The van der Waals surface area contributed by atoms with Crippen LogP contribution in [0.3, 0.4) is 0 Å². The molecule has 0 aliphatic heterocycles. The zero-order chi connectivity index (χ0) is 16.0. The molecule has 0 radical (unpaired) electrons. The van der Waals surface area contributed by atoms with Crippen LogP contribution in [0.4, 0.5) is 0 Å². The van der Waals surface area contributed by atoms with E-state index in [9.17, 15) is 4.79 Å². The third-order valence-corrected chi connectivity index (χ3v) is 4.48. The fourth-order valence-electron chi connectivity index (χ4n) is 2.61. The fourth-order valence-corrected chi connectivity index (χ4v) is 2.97. The number of hydrogen-bond donors (Lipinski definition) is 2. The second-order valence-electron chi connectivity index (χ2n) is 5.23. The summed E-state index contributed by atoms with van der Waals surface area (Å²) in [6.45, 7) is 0. The molecule has 0 bridgehead atoms. The molecule has 6 heteroatoms. The van der Waals surface area contributed by atoms with Crippen LogP contribution in [0.25, 0.3) is 33.1 Å². The predicted molar refractivity (Wildman–Crippen MR) is 98.1 cm³/mol. The van der Waals surface area contributed by atoms with Crippen molar-refractivity contribution in [3.05, 3.63) is 58.1 Å². The van der Waals surface area contributed by atoms with Gasteiger partial charge < -0.3 is 10.7 Å². The van der Waals surface area contributed by atoms with Gasteiger partial charge in [0, 0.05) is 26.1 Å². The normalized spacial score (nSPS) is 11.2. The standard InChI is InChI=1S/C17H11IN4O/c18-11-3-1-9(2-4-11)10-5-13-12-6-14(16(19)23)20-8-15(12)22-17(13)21-7-10/h1-8H,(H2,19,23)(H,21,22). The van der Waals surface area contributed by atoms with E-state index in [0.29, 0.717) is 0 Å². The van der Waals surface area contributed by atoms with Gasteiger partial charge in [0.05, 0.1) is 11.7 Å². The topological polar surface area (TPSA) is 84.7 Å². The number of pyridine rings is 2. The SMILES string of the molecule is NC(=O)c1cc2c(cn1)[nH]c1ncc(-c3ccc(I)cc3)cc12.